The Labute approximate surface area is 129 Å². The van der Waals surface area contributed by atoms with Gasteiger partial charge in [0, 0.05) is 0 Å². The SMILES string of the molecule is C1=CC2OC3C=CC(n4nnc5ccccc54)CC3C2CC1. The quantitative estimate of drug-likeness (QED) is 0.758. The summed E-state index contributed by atoms with van der Waals surface area (Å²) in [4.78, 5) is 0. The molecular weight excluding hydrogens is 274 g/mol. The summed E-state index contributed by atoms with van der Waals surface area (Å²) in [5.41, 5.74) is 2.09. The van der Waals surface area contributed by atoms with Crippen molar-refractivity contribution in [1.82, 2.24) is 15.0 Å². The second-order valence-corrected chi connectivity index (χ2v) is 6.61. The summed E-state index contributed by atoms with van der Waals surface area (Å²) in [5.74, 6) is 1.27. The normalized spacial score (nSPS) is 36.5. The van der Waals surface area contributed by atoms with Crippen LogP contribution >= 0.6 is 0 Å². The lowest BCUT2D eigenvalue weighted by molar-refractivity contribution is 0.0763. The molecule has 1 fully saturated rings. The molecule has 0 amide bonds. The van der Waals surface area contributed by atoms with E-state index in [1.165, 1.54) is 12.8 Å². The van der Waals surface area contributed by atoms with E-state index in [1.54, 1.807) is 0 Å². The second kappa shape index (κ2) is 4.78. The van der Waals surface area contributed by atoms with Crippen molar-refractivity contribution < 1.29 is 4.74 Å². The van der Waals surface area contributed by atoms with Crippen LogP contribution in [-0.2, 0) is 4.74 Å². The first-order valence-corrected chi connectivity index (χ1v) is 8.20. The fourth-order valence-corrected chi connectivity index (χ4v) is 4.36. The molecule has 0 radical (unpaired) electrons. The smallest absolute Gasteiger partial charge is 0.113 e. The Morgan fingerprint density at radius 2 is 1.95 bits per heavy atom. The number of rotatable bonds is 1. The summed E-state index contributed by atoms with van der Waals surface area (Å²) in [6.07, 6.45) is 13.2. The van der Waals surface area contributed by atoms with Crippen LogP contribution in [0.3, 0.4) is 0 Å². The van der Waals surface area contributed by atoms with Gasteiger partial charge < -0.3 is 4.74 Å². The predicted molar refractivity (Wildman–Crippen MR) is 84.3 cm³/mol. The summed E-state index contributed by atoms with van der Waals surface area (Å²) < 4.78 is 8.28. The van der Waals surface area contributed by atoms with Crippen LogP contribution in [0.15, 0.2) is 48.6 Å². The minimum absolute atomic E-state index is 0.281. The van der Waals surface area contributed by atoms with Crippen LogP contribution in [0.5, 0.6) is 0 Å². The average Bonchev–Trinajstić information content (AvgIpc) is 3.15. The zero-order chi connectivity index (χ0) is 14.5. The van der Waals surface area contributed by atoms with Crippen LogP contribution in [0.1, 0.15) is 25.3 Å². The molecule has 2 aromatic rings. The van der Waals surface area contributed by atoms with Crippen LogP contribution in [0.2, 0.25) is 0 Å². The number of nitrogens with zero attached hydrogens (tertiary/aromatic N) is 3. The third kappa shape index (κ3) is 1.80. The maximum absolute atomic E-state index is 6.20. The minimum Gasteiger partial charge on any atom is -0.366 e. The standard InChI is InChI=1S/C18H19N3O/c1-4-8-17-13(5-1)14-11-12(9-10-18(14)22-17)21-16-7-3-2-6-15(16)19-20-21/h2-4,6-10,12-14,17-18H,1,5,11H2. The summed E-state index contributed by atoms with van der Waals surface area (Å²) >= 11 is 0. The van der Waals surface area contributed by atoms with E-state index in [0.29, 0.717) is 24.0 Å². The van der Waals surface area contributed by atoms with Gasteiger partial charge in [0.25, 0.3) is 0 Å². The predicted octanol–water partition coefficient (Wildman–Crippen LogP) is 3.28. The van der Waals surface area contributed by atoms with Crippen molar-refractivity contribution in [1.29, 1.82) is 0 Å². The van der Waals surface area contributed by atoms with E-state index < -0.39 is 0 Å². The molecule has 0 spiro atoms. The fourth-order valence-electron chi connectivity index (χ4n) is 4.36. The first kappa shape index (κ1) is 12.6. The summed E-state index contributed by atoms with van der Waals surface area (Å²) in [6.45, 7) is 0. The van der Waals surface area contributed by atoms with Gasteiger partial charge >= 0.3 is 0 Å². The Hall–Kier alpha value is -1.94. The van der Waals surface area contributed by atoms with Crippen LogP contribution in [0, 0.1) is 11.8 Å². The lowest BCUT2D eigenvalue weighted by Crippen LogP contribution is -2.28. The first-order chi connectivity index (χ1) is 10.9. The van der Waals surface area contributed by atoms with Crippen molar-refractivity contribution in [2.75, 3.05) is 0 Å². The Morgan fingerprint density at radius 3 is 2.95 bits per heavy atom. The van der Waals surface area contributed by atoms with Crippen molar-refractivity contribution >= 4 is 11.0 Å². The molecule has 22 heavy (non-hydrogen) atoms. The van der Waals surface area contributed by atoms with Crippen LogP contribution in [-0.4, -0.2) is 27.2 Å². The van der Waals surface area contributed by atoms with Gasteiger partial charge in [0.15, 0.2) is 0 Å². The van der Waals surface area contributed by atoms with Gasteiger partial charge in [-0.05, 0) is 43.2 Å². The van der Waals surface area contributed by atoms with Crippen LogP contribution in [0.4, 0.5) is 0 Å². The van der Waals surface area contributed by atoms with E-state index >= 15 is 0 Å². The number of hydrogen-bond acceptors (Lipinski definition) is 3. The highest BCUT2D eigenvalue weighted by Gasteiger charge is 2.45. The first-order valence-electron chi connectivity index (χ1n) is 8.20. The van der Waals surface area contributed by atoms with E-state index in [4.69, 9.17) is 4.74 Å². The number of para-hydroxylation sites is 1. The third-order valence-electron chi connectivity index (χ3n) is 5.43. The zero-order valence-corrected chi connectivity index (χ0v) is 12.4. The van der Waals surface area contributed by atoms with Gasteiger partial charge in [-0.15, -0.1) is 5.10 Å². The van der Waals surface area contributed by atoms with Gasteiger partial charge in [-0.25, -0.2) is 4.68 Å². The van der Waals surface area contributed by atoms with Gasteiger partial charge in [-0.1, -0.05) is 41.7 Å². The molecule has 0 saturated carbocycles. The maximum Gasteiger partial charge on any atom is 0.113 e. The van der Waals surface area contributed by atoms with Gasteiger partial charge in [0.05, 0.1) is 23.8 Å². The third-order valence-corrected chi connectivity index (χ3v) is 5.43. The van der Waals surface area contributed by atoms with E-state index in [2.05, 4.69) is 51.4 Å². The number of fused-ring (bicyclic) bond motifs is 4. The molecule has 1 aromatic carbocycles. The number of aromatic nitrogens is 3. The summed E-state index contributed by atoms with van der Waals surface area (Å²) in [6, 6.07) is 8.49. The van der Waals surface area contributed by atoms with E-state index in [1.807, 2.05) is 12.1 Å². The summed E-state index contributed by atoms with van der Waals surface area (Å²) in [5, 5.41) is 8.70. The average molecular weight is 293 g/mol. The molecule has 0 N–H and O–H groups in total. The van der Waals surface area contributed by atoms with E-state index in [9.17, 15) is 0 Å². The molecular formula is C18H19N3O. The topological polar surface area (TPSA) is 39.9 Å². The summed E-state index contributed by atoms with van der Waals surface area (Å²) in [7, 11) is 0. The lowest BCUT2D eigenvalue weighted by Gasteiger charge is -2.30. The molecule has 1 aromatic heterocycles. The lowest BCUT2D eigenvalue weighted by atomic mass is 9.76. The highest BCUT2D eigenvalue weighted by atomic mass is 16.5. The zero-order valence-electron chi connectivity index (χ0n) is 12.4. The molecule has 1 aliphatic heterocycles. The Morgan fingerprint density at radius 1 is 1.05 bits per heavy atom. The molecule has 4 heteroatoms. The monoisotopic (exact) mass is 293 g/mol. The number of benzene rings is 1. The molecule has 5 atom stereocenters. The Kier molecular flexibility index (Phi) is 2.74. The van der Waals surface area contributed by atoms with Gasteiger partial charge in [-0.2, -0.15) is 0 Å². The van der Waals surface area contributed by atoms with Crippen LogP contribution in [0.25, 0.3) is 11.0 Å². The molecule has 1 saturated heterocycles. The molecule has 5 rings (SSSR count). The van der Waals surface area contributed by atoms with Gasteiger partial charge in [0.2, 0.25) is 0 Å². The molecule has 4 nitrogen and oxygen atoms in total. The molecule has 3 aliphatic rings. The van der Waals surface area contributed by atoms with Crippen LogP contribution < -0.4 is 0 Å². The Bertz CT molecular complexity index is 763. The minimum atomic E-state index is 0.281. The largest absolute Gasteiger partial charge is 0.366 e. The highest BCUT2D eigenvalue weighted by Crippen LogP contribution is 2.45. The van der Waals surface area contributed by atoms with Gasteiger partial charge in [0.1, 0.15) is 5.52 Å². The molecule has 0 bridgehead atoms. The number of ether oxygens (including phenoxy) is 1. The molecule has 5 unspecified atom stereocenters. The van der Waals surface area contributed by atoms with Crippen molar-refractivity contribution in [3.05, 3.63) is 48.6 Å². The van der Waals surface area contributed by atoms with Crippen molar-refractivity contribution in [2.45, 2.75) is 37.5 Å². The van der Waals surface area contributed by atoms with E-state index in [0.717, 1.165) is 17.5 Å². The highest BCUT2D eigenvalue weighted by molar-refractivity contribution is 5.74. The second-order valence-electron chi connectivity index (χ2n) is 6.61. The molecule has 112 valence electrons. The fraction of sp³-hybridized carbons (Fsp3) is 0.444. The number of allylic oxidation sites excluding steroid dienone is 2. The van der Waals surface area contributed by atoms with Crippen molar-refractivity contribution in [2.24, 2.45) is 11.8 Å². The maximum atomic E-state index is 6.20. The van der Waals surface area contributed by atoms with E-state index in [-0.39, 0.29) is 6.10 Å². The van der Waals surface area contributed by atoms with Crippen molar-refractivity contribution in [3.8, 4) is 0 Å². The Balaban J connectivity index is 1.49. The molecule has 2 aliphatic carbocycles. The molecule has 2 heterocycles. The van der Waals surface area contributed by atoms with Gasteiger partial charge in [-0.3, -0.25) is 0 Å². The van der Waals surface area contributed by atoms with Crippen molar-refractivity contribution in [3.63, 3.8) is 0 Å². The number of hydrogen-bond donors (Lipinski definition) is 0.